The van der Waals surface area contributed by atoms with Gasteiger partial charge in [0.25, 0.3) is 0 Å². The van der Waals surface area contributed by atoms with E-state index in [1.54, 1.807) is 24.3 Å². The van der Waals surface area contributed by atoms with Crippen LogP contribution in [-0.4, -0.2) is 89.8 Å². The van der Waals surface area contributed by atoms with Crippen LogP contribution >= 0.6 is 11.6 Å². The highest BCUT2D eigenvalue weighted by molar-refractivity contribution is 6.30. The van der Waals surface area contributed by atoms with Crippen LogP contribution in [0.25, 0.3) is 0 Å². The van der Waals surface area contributed by atoms with Crippen molar-refractivity contribution in [3.8, 4) is 0 Å². The molecule has 0 aliphatic carbocycles. The molecule has 238 valence electrons. The van der Waals surface area contributed by atoms with Gasteiger partial charge in [0.1, 0.15) is 12.5 Å². The Hall–Kier alpha value is -3.29. The highest BCUT2D eigenvalue weighted by atomic mass is 35.5. The molecule has 2 aromatic carbocycles. The number of nitrogens with two attached hydrogens (primary N) is 1. The third-order valence-corrected chi connectivity index (χ3v) is 7.08. The number of carboxylic acids is 1. The summed E-state index contributed by atoms with van der Waals surface area (Å²) in [6.45, 7) is 2.84. The third kappa shape index (κ3) is 11.7. The second-order valence-electron chi connectivity index (χ2n) is 10.0. The van der Waals surface area contributed by atoms with Gasteiger partial charge in [-0.3, -0.25) is 14.5 Å². The van der Waals surface area contributed by atoms with Crippen LogP contribution < -0.4 is 11.1 Å². The molecule has 0 aromatic heterocycles. The molecule has 3 atom stereocenters. The first-order valence-electron chi connectivity index (χ1n) is 13.7. The van der Waals surface area contributed by atoms with Crippen molar-refractivity contribution in [2.45, 2.75) is 56.9 Å². The van der Waals surface area contributed by atoms with E-state index < -0.39 is 30.9 Å². The van der Waals surface area contributed by atoms with E-state index in [9.17, 15) is 31.5 Å². The average molecular weight is 635 g/mol. The molecule has 1 fully saturated rings. The van der Waals surface area contributed by atoms with Gasteiger partial charge >= 0.3 is 12.1 Å². The predicted molar refractivity (Wildman–Crippen MR) is 152 cm³/mol. The quantitative estimate of drug-likeness (QED) is 0.322. The number of halogens is 6. The summed E-state index contributed by atoms with van der Waals surface area (Å²) in [7, 11) is 0. The Morgan fingerprint density at radius 3 is 2.14 bits per heavy atom. The number of nitrogens with one attached hydrogen (secondary N) is 1. The Morgan fingerprint density at radius 1 is 1.05 bits per heavy atom. The SMILES string of the molecule is CCCC1CN(C(Cc2ccc(Cl)cc2)C(=O)NCCF)CCN1C(=O)C(N)Cc1ccc(F)cc1.O=C(O)C(F)(F)F. The highest BCUT2D eigenvalue weighted by Crippen LogP contribution is 2.21. The van der Waals surface area contributed by atoms with E-state index in [1.165, 1.54) is 12.1 Å². The first kappa shape index (κ1) is 35.9. The summed E-state index contributed by atoms with van der Waals surface area (Å²) in [5.41, 5.74) is 8.03. The van der Waals surface area contributed by atoms with Gasteiger partial charge in [0.15, 0.2) is 0 Å². The molecule has 1 saturated heterocycles. The molecule has 0 radical (unpaired) electrons. The third-order valence-electron chi connectivity index (χ3n) is 6.83. The van der Waals surface area contributed by atoms with E-state index in [2.05, 4.69) is 17.1 Å². The summed E-state index contributed by atoms with van der Waals surface area (Å²) in [5, 5.41) is 10.4. The fraction of sp³-hybridized carbons (Fsp3) is 0.483. The van der Waals surface area contributed by atoms with Gasteiger partial charge < -0.3 is 21.1 Å². The molecule has 43 heavy (non-hydrogen) atoms. The number of nitrogens with zero attached hydrogens (tertiary/aromatic N) is 2. The lowest BCUT2D eigenvalue weighted by Crippen LogP contribution is -2.62. The monoisotopic (exact) mass is 634 g/mol. The van der Waals surface area contributed by atoms with E-state index in [0.717, 1.165) is 24.0 Å². The molecule has 1 aliphatic heterocycles. The van der Waals surface area contributed by atoms with Gasteiger partial charge in [0.05, 0.1) is 12.1 Å². The molecule has 3 rings (SSSR count). The van der Waals surface area contributed by atoms with Crippen molar-refractivity contribution in [1.29, 1.82) is 0 Å². The lowest BCUT2D eigenvalue weighted by molar-refractivity contribution is -0.192. The van der Waals surface area contributed by atoms with Crippen LogP contribution in [0.5, 0.6) is 0 Å². The molecular formula is C29H36ClF5N4O4. The summed E-state index contributed by atoms with van der Waals surface area (Å²) in [6.07, 6.45) is -2.67. The zero-order chi connectivity index (χ0) is 32.2. The number of carboxylic acid groups (broad SMARTS) is 1. The molecule has 8 nitrogen and oxygen atoms in total. The summed E-state index contributed by atoms with van der Waals surface area (Å²) < 4.78 is 57.7. The van der Waals surface area contributed by atoms with Gasteiger partial charge in [0.2, 0.25) is 11.8 Å². The molecule has 0 bridgehead atoms. The van der Waals surface area contributed by atoms with Crippen LogP contribution in [0, 0.1) is 5.82 Å². The number of benzene rings is 2. The van der Waals surface area contributed by atoms with E-state index in [4.69, 9.17) is 27.2 Å². The van der Waals surface area contributed by atoms with E-state index in [0.29, 0.717) is 37.5 Å². The predicted octanol–water partition coefficient (Wildman–Crippen LogP) is 3.99. The summed E-state index contributed by atoms with van der Waals surface area (Å²) in [5.74, 6) is -3.46. The van der Waals surface area contributed by atoms with Crippen molar-refractivity contribution in [3.05, 3.63) is 70.5 Å². The molecule has 4 N–H and O–H groups in total. The Bertz CT molecular complexity index is 1180. The van der Waals surface area contributed by atoms with Gasteiger partial charge in [-0.15, -0.1) is 0 Å². The molecule has 3 unspecified atom stereocenters. The molecule has 0 spiro atoms. The Kier molecular flexibility index (Phi) is 14.3. The van der Waals surface area contributed by atoms with Gasteiger partial charge in [-0.25, -0.2) is 13.6 Å². The number of carbonyl (C=O) groups is 3. The fourth-order valence-corrected chi connectivity index (χ4v) is 4.85. The van der Waals surface area contributed by atoms with Crippen molar-refractivity contribution < 1.29 is 41.4 Å². The molecule has 1 heterocycles. The number of alkyl halides is 4. The molecule has 14 heteroatoms. The Balaban J connectivity index is 0.000000821. The van der Waals surface area contributed by atoms with Gasteiger partial charge in [-0.05, 0) is 54.7 Å². The van der Waals surface area contributed by atoms with Gasteiger partial charge in [-0.1, -0.05) is 49.2 Å². The van der Waals surface area contributed by atoms with Gasteiger partial charge in [-0.2, -0.15) is 13.2 Å². The van der Waals surface area contributed by atoms with Crippen LogP contribution in [0.4, 0.5) is 22.0 Å². The minimum Gasteiger partial charge on any atom is -0.475 e. The molecular weight excluding hydrogens is 599 g/mol. The first-order chi connectivity index (χ1) is 20.3. The Morgan fingerprint density at radius 2 is 1.60 bits per heavy atom. The summed E-state index contributed by atoms with van der Waals surface area (Å²) in [4.78, 5) is 39.1. The second-order valence-corrected chi connectivity index (χ2v) is 10.5. The largest absolute Gasteiger partial charge is 0.490 e. The maximum absolute atomic E-state index is 13.3. The van der Waals surface area contributed by atoms with Crippen molar-refractivity contribution >= 4 is 29.4 Å². The van der Waals surface area contributed by atoms with Crippen molar-refractivity contribution in [2.24, 2.45) is 5.73 Å². The summed E-state index contributed by atoms with van der Waals surface area (Å²) in [6, 6.07) is 12.0. The Labute approximate surface area is 252 Å². The molecule has 1 aliphatic rings. The maximum Gasteiger partial charge on any atom is 0.490 e. The number of hydrogen-bond donors (Lipinski definition) is 3. The van der Waals surface area contributed by atoms with E-state index in [-0.39, 0.29) is 30.2 Å². The minimum absolute atomic E-state index is 0.0367. The zero-order valence-electron chi connectivity index (χ0n) is 23.6. The van der Waals surface area contributed by atoms with Crippen molar-refractivity contribution in [2.75, 3.05) is 32.9 Å². The first-order valence-corrected chi connectivity index (χ1v) is 14.1. The molecule has 2 aromatic rings. The number of carbonyl (C=O) groups excluding carboxylic acids is 2. The number of piperazine rings is 1. The number of aliphatic carboxylic acids is 1. The van der Waals surface area contributed by atoms with Crippen molar-refractivity contribution in [3.63, 3.8) is 0 Å². The molecule has 0 saturated carbocycles. The van der Waals surface area contributed by atoms with E-state index in [1.807, 2.05) is 17.0 Å². The summed E-state index contributed by atoms with van der Waals surface area (Å²) >= 11 is 6.02. The van der Waals surface area contributed by atoms with Crippen LogP contribution in [0.15, 0.2) is 48.5 Å². The topological polar surface area (TPSA) is 116 Å². The minimum atomic E-state index is -5.08. The molecule has 2 amide bonds. The average Bonchev–Trinajstić information content (AvgIpc) is 2.96. The second kappa shape index (κ2) is 17.1. The lowest BCUT2D eigenvalue weighted by Gasteiger charge is -2.45. The normalized spacial score (nSPS) is 16.9. The maximum atomic E-state index is 13.3. The van der Waals surface area contributed by atoms with Crippen LogP contribution in [0.3, 0.4) is 0 Å². The highest BCUT2D eigenvalue weighted by Gasteiger charge is 2.38. The van der Waals surface area contributed by atoms with Crippen LogP contribution in [0.2, 0.25) is 5.02 Å². The van der Waals surface area contributed by atoms with Crippen LogP contribution in [0.1, 0.15) is 30.9 Å². The lowest BCUT2D eigenvalue weighted by atomic mass is 9.98. The number of rotatable bonds is 11. The standard InChI is InChI=1S/C27H35ClF2N4O2.C2HF3O2/c1-2-3-23-18-33(25(26(35)32-13-12-29)17-20-4-8-21(28)9-5-20)14-15-34(23)27(36)24(31)16-19-6-10-22(30)11-7-19;3-2(4,5)1(6)7/h4-11,23-25H,2-3,12-18,31H2,1H3,(H,32,35);(H,6,7). The zero-order valence-corrected chi connectivity index (χ0v) is 24.4. The number of amides is 2. The number of hydrogen-bond acceptors (Lipinski definition) is 5. The van der Waals surface area contributed by atoms with Crippen molar-refractivity contribution in [1.82, 2.24) is 15.1 Å². The van der Waals surface area contributed by atoms with Crippen LogP contribution in [-0.2, 0) is 27.2 Å². The van der Waals surface area contributed by atoms with E-state index >= 15 is 0 Å². The smallest absolute Gasteiger partial charge is 0.475 e. The fourth-order valence-electron chi connectivity index (χ4n) is 4.73. The van der Waals surface area contributed by atoms with Gasteiger partial charge in [0, 0.05) is 37.2 Å².